The van der Waals surface area contributed by atoms with Crippen LogP contribution in [0.3, 0.4) is 0 Å². The zero-order chi connectivity index (χ0) is 22.4. The van der Waals surface area contributed by atoms with Crippen molar-refractivity contribution < 1.29 is 17.9 Å². The first-order chi connectivity index (χ1) is 14.8. The average molecular weight is 459 g/mol. The van der Waals surface area contributed by atoms with E-state index in [1.807, 2.05) is 37.4 Å². The molecule has 0 bridgehead atoms. The van der Waals surface area contributed by atoms with Gasteiger partial charge in [0.2, 0.25) is 10.0 Å². The smallest absolute Gasteiger partial charge is 0.243 e. The number of sulfonamides is 1. The second-order valence-corrected chi connectivity index (χ2v) is 9.86. The molecule has 0 aliphatic heterocycles. The summed E-state index contributed by atoms with van der Waals surface area (Å²) in [6.07, 6.45) is 1.57. The highest BCUT2D eigenvalue weighted by Gasteiger charge is 2.24. The number of ether oxygens (including phenoxy) is 2. The van der Waals surface area contributed by atoms with Crippen molar-refractivity contribution in [3.8, 4) is 11.5 Å². The van der Waals surface area contributed by atoms with Crippen LogP contribution in [0.1, 0.15) is 21.8 Å². The quantitative estimate of drug-likeness (QED) is 0.411. The van der Waals surface area contributed by atoms with Crippen LogP contribution in [-0.4, -0.2) is 31.4 Å². The summed E-state index contributed by atoms with van der Waals surface area (Å²) < 4.78 is 38.6. The van der Waals surface area contributed by atoms with Gasteiger partial charge in [0, 0.05) is 11.9 Å². The number of hydrogen-bond acceptors (Lipinski definition) is 6. The van der Waals surface area contributed by atoms with Crippen molar-refractivity contribution in [3.63, 3.8) is 0 Å². The van der Waals surface area contributed by atoms with E-state index in [1.165, 1.54) is 40.4 Å². The predicted octanol–water partition coefficient (Wildman–Crippen LogP) is 4.72. The van der Waals surface area contributed by atoms with Crippen LogP contribution in [-0.2, 0) is 23.2 Å². The third kappa shape index (κ3) is 5.52. The Balaban J connectivity index is 1.72. The molecule has 164 valence electrons. The summed E-state index contributed by atoms with van der Waals surface area (Å²) in [5, 5.41) is 2.65. The summed E-state index contributed by atoms with van der Waals surface area (Å²) in [5.41, 5.74) is 2.94. The van der Waals surface area contributed by atoms with Gasteiger partial charge in [-0.25, -0.2) is 13.4 Å². The molecule has 3 rings (SSSR count). The van der Waals surface area contributed by atoms with Gasteiger partial charge in [-0.2, -0.15) is 4.31 Å². The van der Waals surface area contributed by atoms with Crippen LogP contribution in [0, 0.1) is 13.8 Å². The second-order valence-electron chi connectivity index (χ2n) is 6.98. The molecule has 6 nitrogen and oxygen atoms in total. The Kier molecular flexibility index (Phi) is 7.48. The summed E-state index contributed by atoms with van der Waals surface area (Å²) in [6.45, 7) is 8.43. The Morgan fingerprint density at radius 1 is 1.16 bits per heavy atom. The number of aromatic nitrogens is 1. The average Bonchev–Trinajstić information content (AvgIpc) is 3.22. The molecule has 0 radical (unpaired) electrons. The van der Waals surface area contributed by atoms with Gasteiger partial charge in [0.1, 0.15) is 23.1 Å². The van der Waals surface area contributed by atoms with Gasteiger partial charge in [-0.15, -0.1) is 17.9 Å². The molecule has 3 aromatic rings. The first-order valence-electron chi connectivity index (χ1n) is 9.72. The predicted molar refractivity (Wildman–Crippen MR) is 123 cm³/mol. The first kappa shape index (κ1) is 23.0. The maximum absolute atomic E-state index is 13.1. The molecule has 1 heterocycles. The van der Waals surface area contributed by atoms with E-state index < -0.39 is 10.0 Å². The van der Waals surface area contributed by atoms with Gasteiger partial charge in [0.05, 0.1) is 24.2 Å². The number of rotatable bonds is 10. The lowest BCUT2D eigenvalue weighted by Gasteiger charge is -2.20. The molecule has 0 unspecified atom stereocenters. The molecule has 0 spiro atoms. The van der Waals surface area contributed by atoms with Crippen molar-refractivity contribution in [1.82, 2.24) is 9.29 Å². The van der Waals surface area contributed by atoms with Gasteiger partial charge in [-0.1, -0.05) is 18.2 Å². The van der Waals surface area contributed by atoms with E-state index in [-0.39, 0.29) is 18.0 Å². The molecule has 0 amide bonds. The molecule has 31 heavy (non-hydrogen) atoms. The fraction of sp³-hybridized carbons (Fsp3) is 0.261. The molecule has 0 saturated heterocycles. The third-order valence-electron chi connectivity index (χ3n) is 4.87. The minimum Gasteiger partial charge on any atom is -0.497 e. The molecule has 0 fully saturated rings. The number of methoxy groups -OCH3 is 1. The molecule has 0 aliphatic rings. The van der Waals surface area contributed by atoms with Gasteiger partial charge >= 0.3 is 0 Å². The SMILES string of the molecule is C=CCN(Cc1csc(COc2cccc(C)c2C)n1)S(=O)(=O)c1ccc(OC)cc1. The second kappa shape index (κ2) is 10.1. The van der Waals surface area contributed by atoms with Crippen molar-refractivity contribution in [2.24, 2.45) is 0 Å². The lowest BCUT2D eigenvalue weighted by Crippen LogP contribution is -2.31. The molecule has 0 N–H and O–H groups in total. The largest absolute Gasteiger partial charge is 0.497 e. The fourth-order valence-electron chi connectivity index (χ4n) is 2.98. The van der Waals surface area contributed by atoms with Crippen molar-refractivity contribution in [3.05, 3.63) is 82.3 Å². The molecule has 0 atom stereocenters. The van der Waals surface area contributed by atoms with E-state index in [0.29, 0.717) is 18.1 Å². The van der Waals surface area contributed by atoms with Gasteiger partial charge < -0.3 is 9.47 Å². The topological polar surface area (TPSA) is 68.7 Å². The number of hydrogen-bond donors (Lipinski definition) is 0. The standard InChI is InChI=1S/C23H26N2O4S2/c1-5-13-25(31(26,27)21-11-9-20(28-4)10-12-21)14-19-16-30-23(24-19)15-29-22-8-6-7-17(2)18(22)3/h5-12,16H,1,13-15H2,2-4H3. The number of nitrogens with zero attached hydrogens (tertiary/aromatic N) is 2. The van der Waals surface area contributed by atoms with E-state index in [4.69, 9.17) is 9.47 Å². The molecule has 0 saturated carbocycles. The van der Waals surface area contributed by atoms with E-state index >= 15 is 0 Å². The number of aryl methyl sites for hydroxylation is 1. The fourth-order valence-corrected chi connectivity index (χ4v) is 5.06. The summed E-state index contributed by atoms with van der Waals surface area (Å²) in [5.74, 6) is 1.43. The van der Waals surface area contributed by atoms with E-state index in [9.17, 15) is 8.42 Å². The summed E-state index contributed by atoms with van der Waals surface area (Å²) in [7, 11) is -2.16. The summed E-state index contributed by atoms with van der Waals surface area (Å²) in [4.78, 5) is 4.77. The van der Waals surface area contributed by atoms with Gasteiger partial charge in [0.15, 0.2) is 0 Å². The minimum absolute atomic E-state index is 0.153. The van der Waals surface area contributed by atoms with Crippen LogP contribution in [0.5, 0.6) is 11.5 Å². The highest BCUT2D eigenvalue weighted by molar-refractivity contribution is 7.89. The maximum Gasteiger partial charge on any atom is 0.243 e. The normalized spacial score (nSPS) is 11.5. The zero-order valence-electron chi connectivity index (χ0n) is 17.9. The van der Waals surface area contributed by atoms with Gasteiger partial charge in [-0.05, 0) is 55.3 Å². The van der Waals surface area contributed by atoms with Crippen molar-refractivity contribution in [2.45, 2.75) is 31.9 Å². The Morgan fingerprint density at radius 2 is 1.90 bits per heavy atom. The van der Waals surface area contributed by atoms with E-state index in [2.05, 4.69) is 11.6 Å². The highest BCUT2D eigenvalue weighted by atomic mass is 32.2. The molecule has 1 aromatic heterocycles. The molecule has 8 heteroatoms. The van der Waals surface area contributed by atoms with Crippen LogP contribution in [0.15, 0.2) is 65.4 Å². The number of thiazole rings is 1. The Morgan fingerprint density at radius 3 is 2.58 bits per heavy atom. The van der Waals surface area contributed by atoms with E-state index in [1.54, 1.807) is 18.2 Å². The van der Waals surface area contributed by atoms with Crippen LogP contribution < -0.4 is 9.47 Å². The summed E-state index contributed by atoms with van der Waals surface area (Å²) in [6, 6.07) is 12.3. The zero-order valence-corrected chi connectivity index (χ0v) is 19.5. The Bertz CT molecular complexity index is 1140. The third-order valence-corrected chi connectivity index (χ3v) is 7.57. The van der Waals surface area contributed by atoms with Gasteiger partial charge in [-0.3, -0.25) is 0 Å². The van der Waals surface area contributed by atoms with E-state index in [0.717, 1.165) is 16.3 Å². The minimum atomic E-state index is -3.70. The highest BCUT2D eigenvalue weighted by Crippen LogP contribution is 2.24. The Hall–Kier alpha value is -2.68. The monoisotopic (exact) mass is 458 g/mol. The van der Waals surface area contributed by atoms with Crippen LogP contribution >= 0.6 is 11.3 Å². The maximum atomic E-state index is 13.1. The lowest BCUT2D eigenvalue weighted by molar-refractivity contribution is 0.302. The summed E-state index contributed by atoms with van der Waals surface area (Å²) >= 11 is 1.45. The van der Waals surface area contributed by atoms with Gasteiger partial charge in [0.25, 0.3) is 0 Å². The lowest BCUT2D eigenvalue weighted by atomic mass is 10.1. The molecular weight excluding hydrogens is 432 g/mol. The van der Waals surface area contributed by atoms with Crippen molar-refractivity contribution in [2.75, 3.05) is 13.7 Å². The molecular formula is C23H26N2O4S2. The van der Waals surface area contributed by atoms with Crippen LogP contribution in [0.2, 0.25) is 0 Å². The van der Waals surface area contributed by atoms with Crippen LogP contribution in [0.4, 0.5) is 0 Å². The molecule has 2 aromatic carbocycles. The number of benzene rings is 2. The van der Waals surface area contributed by atoms with Crippen LogP contribution in [0.25, 0.3) is 0 Å². The molecule has 0 aliphatic carbocycles. The van der Waals surface area contributed by atoms with Crippen molar-refractivity contribution >= 4 is 21.4 Å². The Labute approximate surface area is 187 Å². The first-order valence-corrected chi connectivity index (χ1v) is 12.0. The van der Waals surface area contributed by atoms with Crippen molar-refractivity contribution in [1.29, 1.82) is 0 Å².